The highest BCUT2D eigenvalue weighted by Gasteiger charge is 2.29. The lowest BCUT2D eigenvalue weighted by Crippen LogP contribution is -2.15. The largest absolute Gasteiger partial charge is 0.374 e. The fourth-order valence-corrected chi connectivity index (χ4v) is 1.81. The molecule has 0 aliphatic heterocycles. The van der Waals surface area contributed by atoms with Crippen molar-refractivity contribution >= 4 is 29.1 Å². The van der Waals surface area contributed by atoms with E-state index in [4.69, 9.17) is 16.3 Å². The van der Waals surface area contributed by atoms with Gasteiger partial charge in [-0.25, -0.2) is 4.98 Å². The summed E-state index contributed by atoms with van der Waals surface area (Å²) < 4.78 is 5.03. The van der Waals surface area contributed by atoms with E-state index in [0.717, 1.165) is 12.8 Å². The van der Waals surface area contributed by atoms with E-state index in [0.29, 0.717) is 18.0 Å². The van der Waals surface area contributed by atoms with Crippen molar-refractivity contribution < 1.29 is 14.3 Å². The fourth-order valence-electron chi connectivity index (χ4n) is 1.55. The molecule has 6 heteroatoms. The Morgan fingerprint density at radius 3 is 2.84 bits per heavy atom. The summed E-state index contributed by atoms with van der Waals surface area (Å²) >= 11 is 6.01. The maximum atomic E-state index is 11.7. The predicted octanol–water partition coefficient (Wildman–Crippen LogP) is 2.30. The molecule has 0 atom stereocenters. The van der Waals surface area contributed by atoms with E-state index in [9.17, 15) is 9.59 Å². The molecule has 0 spiro atoms. The lowest BCUT2D eigenvalue weighted by Gasteiger charge is -2.07. The topological polar surface area (TPSA) is 68.3 Å². The Morgan fingerprint density at radius 2 is 2.26 bits per heavy atom. The molecule has 0 saturated heterocycles. The van der Waals surface area contributed by atoms with Gasteiger partial charge in [-0.3, -0.25) is 9.59 Å². The van der Waals surface area contributed by atoms with Crippen molar-refractivity contribution in [3.05, 3.63) is 22.8 Å². The monoisotopic (exact) mass is 282 g/mol. The summed E-state index contributed by atoms with van der Waals surface area (Å²) in [6.07, 6.45) is 3.21. The molecule has 102 valence electrons. The molecule has 1 heterocycles. The highest BCUT2D eigenvalue weighted by atomic mass is 35.5. The number of anilines is 1. The quantitative estimate of drug-likeness (QED) is 0.813. The summed E-state index contributed by atoms with van der Waals surface area (Å²) in [7, 11) is 0. The molecular weight excluding hydrogens is 268 g/mol. The van der Waals surface area contributed by atoms with Crippen molar-refractivity contribution in [3.8, 4) is 0 Å². The van der Waals surface area contributed by atoms with Gasteiger partial charge in [0.15, 0.2) is 5.78 Å². The third-order valence-electron chi connectivity index (χ3n) is 2.79. The average molecular weight is 283 g/mol. The molecule has 2 rings (SSSR count). The lowest BCUT2D eigenvalue weighted by molar-refractivity contribution is -0.117. The molecule has 5 nitrogen and oxygen atoms in total. The molecule has 1 aromatic rings. The molecule has 0 bridgehead atoms. The first kappa shape index (κ1) is 14.0. The van der Waals surface area contributed by atoms with Crippen LogP contribution in [0.3, 0.4) is 0 Å². The van der Waals surface area contributed by atoms with Crippen molar-refractivity contribution in [1.82, 2.24) is 4.98 Å². The summed E-state index contributed by atoms with van der Waals surface area (Å²) in [5.41, 5.74) is 0.305. The van der Waals surface area contributed by atoms with Gasteiger partial charge in [-0.1, -0.05) is 11.6 Å². The molecule has 0 radical (unpaired) electrons. The number of hydrogen-bond acceptors (Lipinski definition) is 4. The number of amides is 1. The molecule has 0 aromatic carbocycles. The SMILES string of the molecule is CCOCC(=O)c1cnc(NC(=O)C2CC2)cc1Cl. The first-order valence-electron chi connectivity index (χ1n) is 6.19. The van der Waals surface area contributed by atoms with Crippen LogP contribution in [0.15, 0.2) is 12.3 Å². The number of nitrogens with zero attached hydrogens (tertiary/aromatic N) is 1. The standard InChI is InChI=1S/C13H15ClN2O3/c1-2-19-7-11(17)9-6-15-12(5-10(9)14)16-13(18)8-3-4-8/h5-6,8H,2-4,7H2,1H3,(H,15,16,18). The summed E-state index contributed by atoms with van der Waals surface area (Å²) in [6.45, 7) is 2.25. The number of carbonyl (C=O) groups is 2. The number of carbonyl (C=O) groups excluding carboxylic acids is 2. The van der Waals surface area contributed by atoms with Crippen LogP contribution in [0.4, 0.5) is 5.82 Å². The second-order valence-electron chi connectivity index (χ2n) is 4.37. The first-order chi connectivity index (χ1) is 9.11. The van der Waals surface area contributed by atoms with Gasteiger partial charge in [-0.2, -0.15) is 0 Å². The number of aromatic nitrogens is 1. The van der Waals surface area contributed by atoms with Gasteiger partial charge in [0, 0.05) is 24.8 Å². The van der Waals surface area contributed by atoms with E-state index >= 15 is 0 Å². The number of halogens is 1. The van der Waals surface area contributed by atoms with E-state index in [-0.39, 0.29) is 29.2 Å². The molecule has 1 fully saturated rings. The van der Waals surface area contributed by atoms with Gasteiger partial charge in [-0.15, -0.1) is 0 Å². The lowest BCUT2D eigenvalue weighted by atomic mass is 10.2. The summed E-state index contributed by atoms with van der Waals surface area (Å²) in [4.78, 5) is 27.3. The van der Waals surface area contributed by atoms with Gasteiger partial charge < -0.3 is 10.1 Å². The molecule has 1 N–H and O–H groups in total. The second-order valence-corrected chi connectivity index (χ2v) is 4.78. The normalized spacial score (nSPS) is 14.2. The van der Waals surface area contributed by atoms with Crippen molar-refractivity contribution in [2.24, 2.45) is 5.92 Å². The van der Waals surface area contributed by atoms with Crippen LogP contribution in [-0.4, -0.2) is 29.9 Å². The predicted molar refractivity (Wildman–Crippen MR) is 71.4 cm³/mol. The van der Waals surface area contributed by atoms with E-state index in [1.54, 1.807) is 0 Å². The first-order valence-corrected chi connectivity index (χ1v) is 6.57. The molecule has 19 heavy (non-hydrogen) atoms. The van der Waals surface area contributed by atoms with E-state index in [1.165, 1.54) is 12.3 Å². The Bertz CT molecular complexity index is 501. The minimum absolute atomic E-state index is 0.0221. The highest BCUT2D eigenvalue weighted by Crippen LogP contribution is 2.30. The van der Waals surface area contributed by atoms with Crippen LogP contribution in [0.1, 0.15) is 30.1 Å². The van der Waals surface area contributed by atoms with Crippen LogP contribution >= 0.6 is 11.6 Å². The van der Waals surface area contributed by atoms with Crippen LogP contribution in [-0.2, 0) is 9.53 Å². The number of Topliss-reactive ketones (excluding diaryl/α,β-unsaturated/α-hetero) is 1. The minimum atomic E-state index is -0.223. The number of ketones is 1. The van der Waals surface area contributed by atoms with Crippen molar-refractivity contribution in [1.29, 1.82) is 0 Å². The third kappa shape index (κ3) is 3.75. The summed E-state index contributed by atoms with van der Waals surface area (Å²) in [5, 5.41) is 2.95. The zero-order valence-electron chi connectivity index (χ0n) is 10.6. The van der Waals surface area contributed by atoms with Crippen LogP contribution in [0.2, 0.25) is 5.02 Å². The van der Waals surface area contributed by atoms with Crippen LogP contribution in [0, 0.1) is 5.92 Å². The van der Waals surface area contributed by atoms with Crippen molar-refractivity contribution in [2.45, 2.75) is 19.8 Å². The van der Waals surface area contributed by atoms with Gasteiger partial charge >= 0.3 is 0 Å². The van der Waals surface area contributed by atoms with Crippen LogP contribution in [0.5, 0.6) is 0 Å². The van der Waals surface area contributed by atoms with Gasteiger partial charge in [0.1, 0.15) is 12.4 Å². The zero-order chi connectivity index (χ0) is 13.8. The Hall–Kier alpha value is -1.46. The molecule has 0 unspecified atom stereocenters. The minimum Gasteiger partial charge on any atom is -0.374 e. The van der Waals surface area contributed by atoms with Crippen molar-refractivity contribution in [3.63, 3.8) is 0 Å². The molecule has 1 amide bonds. The molecule has 1 aliphatic carbocycles. The number of ether oxygens (including phenoxy) is 1. The van der Waals surface area contributed by atoms with E-state index < -0.39 is 0 Å². The smallest absolute Gasteiger partial charge is 0.228 e. The molecular formula is C13H15ClN2O3. The Labute approximate surface area is 116 Å². The van der Waals surface area contributed by atoms with Gasteiger partial charge in [0.25, 0.3) is 0 Å². The number of hydrogen-bond donors (Lipinski definition) is 1. The highest BCUT2D eigenvalue weighted by molar-refractivity contribution is 6.34. The number of nitrogens with one attached hydrogen (secondary N) is 1. The maximum absolute atomic E-state index is 11.7. The zero-order valence-corrected chi connectivity index (χ0v) is 11.4. The summed E-state index contributed by atoms with van der Waals surface area (Å²) in [6, 6.07) is 1.49. The number of pyridine rings is 1. The van der Waals surface area contributed by atoms with Gasteiger partial charge in [0.2, 0.25) is 5.91 Å². The maximum Gasteiger partial charge on any atom is 0.228 e. The van der Waals surface area contributed by atoms with Crippen molar-refractivity contribution in [2.75, 3.05) is 18.5 Å². The summed E-state index contributed by atoms with van der Waals surface area (Å²) in [5.74, 6) is 0.200. The van der Waals surface area contributed by atoms with Gasteiger partial charge in [-0.05, 0) is 19.8 Å². The van der Waals surface area contributed by atoms with Crippen LogP contribution in [0.25, 0.3) is 0 Å². The average Bonchev–Trinajstić information content (AvgIpc) is 3.20. The Balaban J connectivity index is 2.03. The van der Waals surface area contributed by atoms with E-state index in [1.807, 2.05) is 6.92 Å². The van der Waals surface area contributed by atoms with Crippen LogP contribution < -0.4 is 5.32 Å². The molecule has 1 aliphatic rings. The third-order valence-corrected chi connectivity index (χ3v) is 3.10. The number of rotatable bonds is 6. The Kier molecular flexibility index (Phi) is 4.50. The molecule has 1 aromatic heterocycles. The Morgan fingerprint density at radius 1 is 1.53 bits per heavy atom. The second kappa shape index (κ2) is 6.12. The fraction of sp³-hybridized carbons (Fsp3) is 0.462. The van der Waals surface area contributed by atoms with E-state index in [2.05, 4.69) is 10.3 Å². The molecule has 1 saturated carbocycles. The van der Waals surface area contributed by atoms with Gasteiger partial charge in [0.05, 0.1) is 10.6 Å².